The van der Waals surface area contributed by atoms with E-state index in [0.29, 0.717) is 12.5 Å². The molecule has 0 radical (unpaired) electrons. The Morgan fingerprint density at radius 2 is 1.80 bits per heavy atom. The quantitative estimate of drug-likeness (QED) is 0.910. The zero-order valence-corrected chi connectivity index (χ0v) is 11.8. The third kappa shape index (κ3) is 3.51. The molecule has 4 nitrogen and oxygen atoms in total. The average molecular weight is 274 g/mol. The maximum atomic E-state index is 13.0. The summed E-state index contributed by atoms with van der Waals surface area (Å²) >= 11 is 0. The third-order valence-corrected chi connectivity index (χ3v) is 2.95. The van der Waals surface area contributed by atoms with Crippen molar-refractivity contribution < 1.29 is 4.39 Å². The molecule has 0 aliphatic rings. The lowest BCUT2D eigenvalue weighted by atomic mass is 10.1. The Kier molecular flexibility index (Phi) is 4.63. The van der Waals surface area contributed by atoms with Gasteiger partial charge in [-0.2, -0.15) is 0 Å². The molecular weight excluding hydrogens is 255 g/mol. The first kappa shape index (κ1) is 14.4. The average Bonchev–Trinajstić information content (AvgIpc) is 2.43. The molecule has 0 bridgehead atoms. The number of hydrogen-bond acceptors (Lipinski definition) is 4. The van der Waals surface area contributed by atoms with Gasteiger partial charge in [-0.3, -0.25) is 0 Å². The summed E-state index contributed by atoms with van der Waals surface area (Å²) < 4.78 is 13.0. The number of hydrogen-bond donors (Lipinski definition) is 1. The largest absolute Gasteiger partial charge is 0.328 e. The summed E-state index contributed by atoms with van der Waals surface area (Å²) in [5, 5.41) is 0. The molecule has 5 heteroatoms. The number of rotatable bonds is 5. The second kappa shape index (κ2) is 6.43. The number of benzene rings is 1. The molecule has 2 rings (SSSR count). The standard InChI is InChI=1S/C15H19FN4/c1-3-20(14-6-4-13(16)5-7-14)15-18-9-12(10-19-15)8-11(2)17/h4-7,9-11H,3,8,17H2,1-2H3. The zero-order valence-electron chi connectivity index (χ0n) is 11.8. The van der Waals surface area contributed by atoms with E-state index in [0.717, 1.165) is 17.7 Å². The van der Waals surface area contributed by atoms with Crippen molar-refractivity contribution in [2.45, 2.75) is 26.3 Å². The Morgan fingerprint density at radius 3 is 2.30 bits per heavy atom. The lowest BCUT2D eigenvalue weighted by molar-refractivity contribution is 0.627. The smallest absolute Gasteiger partial charge is 0.229 e. The number of nitrogens with zero attached hydrogens (tertiary/aromatic N) is 3. The zero-order chi connectivity index (χ0) is 14.5. The van der Waals surface area contributed by atoms with Gasteiger partial charge in [-0.15, -0.1) is 0 Å². The second-order valence-corrected chi connectivity index (χ2v) is 4.79. The van der Waals surface area contributed by atoms with Crippen molar-refractivity contribution in [1.82, 2.24) is 9.97 Å². The van der Waals surface area contributed by atoms with Gasteiger partial charge in [0.2, 0.25) is 5.95 Å². The van der Waals surface area contributed by atoms with Crippen LogP contribution in [0.25, 0.3) is 0 Å². The van der Waals surface area contributed by atoms with Crippen LogP contribution >= 0.6 is 0 Å². The van der Waals surface area contributed by atoms with Gasteiger partial charge in [0.25, 0.3) is 0 Å². The van der Waals surface area contributed by atoms with Crippen molar-refractivity contribution in [1.29, 1.82) is 0 Å². The van der Waals surface area contributed by atoms with Crippen molar-refractivity contribution in [3.63, 3.8) is 0 Å². The van der Waals surface area contributed by atoms with Gasteiger partial charge in [-0.25, -0.2) is 14.4 Å². The molecule has 1 atom stereocenters. The molecule has 1 aromatic heterocycles. The number of halogens is 1. The van der Waals surface area contributed by atoms with Crippen LogP contribution in [0.3, 0.4) is 0 Å². The van der Waals surface area contributed by atoms with Crippen molar-refractivity contribution in [3.8, 4) is 0 Å². The molecule has 1 aromatic carbocycles. The highest BCUT2D eigenvalue weighted by molar-refractivity contribution is 5.56. The molecule has 0 spiro atoms. The van der Waals surface area contributed by atoms with Gasteiger partial charge in [0.1, 0.15) is 5.82 Å². The Bertz CT molecular complexity index is 537. The predicted octanol–water partition coefficient (Wildman–Crippen LogP) is 2.66. The molecule has 2 aromatic rings. The Balaban J connectivity index is 2.21. The highest BCUT2D eigenvalue weighted by Crippen LogP contribution is 2.21. The first-order chi connectivity index (χ1) is 9.60. The summed E-state index contributed by atoms with van der Waals surface area (Å²) in [5.41, 5.74) is 7.63. The van der Waals surface area contributed by atoms with Crippen LogP contribution in [0, 0.1) is 5.82 Å². The van der Waals surface area contributed by atoms with Crippen molar-refractivity contribution in [2.75, 3.05) is 11.4 Å². The molecule has 1 unspecified atom stereocenters. The lowest BCUT2D eigenvalue weighted by Gasteiger charge is -2.21. The van der Waals surface area contributed by atoms with Gasteiger partial charge < -0.3 is 10.6 Å². The lowest BCUT2D eigenvalue weighted by Crippen LogP contribution is -2.20. The highest BCUT2D eigenvalue weighted by Gasteiger charge is 2.10. The van der Waals surface area contributed by atoms with E-state index in [9.17, 15) is 4.39 Å². The van der Waals surface area contributed by atoms with Gasteiger partial charge in [0.15, 0.2) is 0 Å². The maximum absolute atomic E-state index is 13.0. The van der Waals surface area contributed by atoms with Crippen LogP contribution in [0.4, 0.5) is 16.0 Å². The molecular formula is C15H19FN4. The SMILES string of the molecule is CCN(c1ccc(F)cc1)c1ncc(CC(C)N)cn1. The molecule has 0 fully saturated rings. The van der Waals surface area contributed by atoms with Crippen molar-refractivity contribution >= 4 is 11.6 Å². The van der Waals surface area contributed by atoms with Gasteiger partial charge >= 0.3 is 0 Å². The highest BCUT2D eigenvalue weighted by atomic mass is 19.1. The fraction of sp³-hybridized carbons (Fsp3) is 0.333. The molecule has 0 saturated carbocycles. The molecule has 2 N–H and O–H groups in total. The van der Waals surface area contributed by atoms with Crippen LogP contribution in [-0.4, -0.2) is 22.6 Å². The Labute approximate surface area is 118 Å². The molecule has 0 saturated heterocycles. The third-order valence-electron chi connectivity index (χ3n) is 2.95. The van der Waals surface area contributed by atoms with Gasteiger partial charge in [-0.1, -0.05) is 0 Å². The minimum absolute atomic E-state index is 0.0869. The summed E-state index contributed by atoms with van der Waals surface area (Å²) in [7, 11) is 0. The van der Waals surface area contributed by atoms with Crippen LogP contribution in [0.5, 0.6) is 0 Å². The van der Waals surface area contributed by atoms with E-state index in [1.807, 2.05) is 18.7 Å². The normalized spacial score (nSPS) is 12.2. The van der Waals surface area contributed by atoms with E-state index in [4.69, 9.17) is 5.73 Å². The molecule has 20 heavy (non-hydrogen) atoms. The Hall–Kier alpha value is -2.01. The summed E-state index contributed by atoms with van der Waals surface area (Å²) in [6.45, 7) is 4.66. The molecule has 0 amide bonds. The number of nitrogens with two attached hydrogens (primary N) is 1. The van der Waals surface area contributed by atoms with Crippen LogP contribution in [0.15, 0.2) is 36.7 Å². The van der Waals surface area contributed by atoms with E-state index in [1.165, 1.54) is 12.1 Å². The van der Waals surface area contributed by atoms with Crippen molar-refractivity contribution in [2.24, 2.45) is 5.73 Å². The Morgan fingerprint density at radius 1 is 1.20 bits per heavy atom. The van der Waals surface area contributed by atoms with Crippen molar-refractivity contribution in [3.05, 3.63) is 48.0 Å². The van der Waals surface area contributed by atoms with E-state index in [2.05, 4.69) is 9.97 Å². The van der Waals surface area contributed by atoms with E-state index < -0.39 is 0 Å². The van der Waals surface area contributed by atoms with E-state index in [-0.39, 0.29) is 11.9 Å². The molecule has 0 aliphatic heterocycles. The molecule has 106 valence electrons. The van der Waals surface area contributed by atoms with Gasteiger partial charge in [-0.05, 0) is 50.1 Å². The van der Waals surface area contributed by atoms with Crippen LogP contribution in [0.1, 0.15) is 19.4 Å². The molecule has 0 aliphatic carbocycles. The second-order valence-electron chi connectivity index (χ2n) is 4.79. The van der Waals surface area contributed by atoms with Gasteiger partial charge in [0.05, 0.1) is 0 Å². The summed E-state index contributed by atoms with van der Waals surface area (Å²) in [6.07, 6.45) is 4.33. The molecule has 1 heterocycles. The first-order valence-corrected chi connectivity index (χ1v) is 6.69. The van der Waals surface area contributed by atoms with Crippen LogP contribution in [0.2, 0.25) is 0 Å². The predicted molar refractivity (Wildman–Crippen MR) is 78.5 cm³/mol. The van der Waals surface area contributed by atoms with Crippen LogP contribution < -0.4 is 10.6 Å². The van der Waals surface area contributed by atoms with Gasteiger partial charge in [0, 0.05) is 30.7 Å². The number of anilines is 2. The summed E-state index contributed by atoms with van der Waals surface area (Å²) in [6, 6.07) is 6.39. The minimum Gasteiger partial charge on any atom is -0.328 e. The summed E-state index contributed by atoms with van der Waals surface area (Å²) in [4.78, 5) is 10.7. The first-order valence-electron chi connectivity index (χ1n) is 6.69. The fourth-order valence-corrected chi connectivity index (χ4v) is 2.03. The monoisotopic (exact) mass is 274 g/mol. The summed E-state index contributed by atoms with van der Waals surface area (Å²) in [5.74, 6) is 0.352. The number of aromatic nitrogens is 2. The maximum Gasteiger partial charge on any atom is 0.229 e. The van der Waals surface area contributed by atoms with Crippen LogP contribution in [-0.2, 0) is 6.42 Å². The fourth-order valence-electron chi connectivity index (χ4n) is 2.03. The van der Waals surface area contributed by atoms with E-state index >= 15 is 0 Å². The van der Waals surface area contributed by atoms with E-state index in [1.54, 1.807) is 24.5 Å². The topological polar surface area (TPSA) is 55.0 Å². The minimum atomic E-state index is -0.252.